The highest BCUT2D eigenvalue weighted by Gasteiger charge is 2.30. The van der Waals surface area contributed by atoms with Gasteiger partial charge >= 0.3 is 0 Å². The highest BCUT2D eigenvalue weighted by Crippen LogP contribution is 2.19. The number of hydrogen-bond donors (Lipinski definition) is 2. The first-order valence-corrected chi connectivity index (χ1v) is 14.6. The van der Waals surface area contributed by atoms with Crippen LogP contribution in [0.2, 0.25) is 0 Å². The fourth-order valence-electron chi connectivity index (χ4n) is 4.70. The van der Waals surface area contributed by atoms with Crippen molar-refractivity contribution in [2.75, 3.05) is 14.2 Å². The van der Waals surface area contributed by atoms with Gasteiger partial charge < -0.3 is 20.1 Å². The van der Waals surface area contributed by atoms with E-state index in [1.54, 1.807) is 7.11 Å². The second kappa shape index (κ2) is 15.4. The smallest absolute Gasteiger partial charge is 0.243 e. The van der Waals surface area contributed by atoms with Crippen molar-refractivity contribution in [2.24, 2.45) is 5.92 Å². The maximum Gasteiger partial charge on any atom is 0.243 e. The highest BCUT2D eigenvalue weighted by atomic mass is 16.5. The number of benzene rings is 3. The molecule has 7 heteroatoms. The van der Waals surface area contributed by atoms with Crippen molar-refractivity contribution in [3.8, 4) is 11.5 Å². The second-order valence-electron chi connectivity index (χ2n) is 12.3. The number of nitrogens with zero attached hydrogens (tertiary/aromatic N) is 1. The Balaban J connectivity index is 1.73. The molecule has 3 rings (SSSR count). The number of amides is 2. The van der Waals surface area contributed by atoms with Crippen LogP contribution in [0.4, 0.5) is 0 Å². The minimum atomic E-state index is -0.725. The Bertz CT molecular complexity index is 1250. The largest absolute Gasteiger partial charge is 0.497 e. The zero-order valence-corrected chi connectivity index (χ0v) is 26.1. The summed E-state index contributed by atoms with van der Waals surface area (Å²) in [4.78, 5) is 29.2. The van der Waals surface area contributed by atoms with E-state index in [0.29, 0.717) is 31.9 Å². The molecule has 0 aliphatic heterocycles. The Kier molecular flexibility index (Phi) is 12.0. The van der Waals surface area contributed by atoms with Crippen LogP contribution in [0, 0.1) is 5.92 Å². The van der Waals surface area contributed by atoms with E-state index < -0.39 is 17.6 Å². The second-order valence-corrected chi connectivity index (χ2v) is 12.3. The predicted molar refractivity (Wildman–Crippen MR) is 168 cm³/mol. The number of carbonyl (C=O) groups is 2. The topological polar surface area (TPSA) is 79.9 Å². The van der Waals surface area contributed by atoms with Gasteiger partial charge in [0.25, 0.3) is 0 Å². The van der Waals surface area contributed by atoms with Crippen LogP contribution in [0.15, 0.2) is 78.9 Å². The minimum Gasteiger partial charge on any atom is -0.497 e. The van der Waals surface area contributed by atoms with E-state index in [-0.39, 0.29) is 11.8 Å². The zero-order valence-electron chi connectivity index (χ0n) is 26.1. The summed E-state index contributed by atoms with van der Waals surface area (Å²) in [6, 6.07) is 24.4. The maximum atomic E-state index is 13.8. The molecule has 0 fully saturated rings. The Hall–Kier alpha value is -3.84. The van der Waals surface area contributed by atoms with Gasteiger partial charge in [0, 0.05) is 18.5 Å². The number of hydrogen-bond acceptors (Lipinski definition) is 5. The molecule has 0 unspecified atom stereocenters. The average Bonchev–Trinajstić information content (AvgIpc) is 2.95. The molecule has 2 amide bonds. The molecule has 0 saturated carbocycles. The lowest BCUT2D eigenvalue weighted by Gasteiger charge is -2.31. The van der Waals surface area contributed by atoms with Gasteiger partial charge in [0.15, 0.2) is 0 Å². The van der Waals surface area contributed by atoms with E-state index in [4.69, 9.17) is 9.47 Å². The van der Waals surface area contributed by atoms with E-state index in [0.717, 1.165) is 28.2 Å². The molecule has 7 nitrogen and oxygen atoms in total. The molecule has 3 aromatic rings. The lowest BCUT2D eigenvalue weighted by molar-refractivity contribution is -0.132. The molecule has 0 bridgehead atoms. The van der Waals surface area contributed by atoms with Crippen molar-refractivity contribution in [1.82, 2.24) is 15.5 Å². The molecule has 0 aliphatic rings. The van der Waals surface area contributed by atoms with Crippen LogP contribution < -0.4 is 20.1 Å². The van der Waals surface area contributed by atoms with Crippen LogP contribution in [-0.2, 0) is 29.2 Å². The SMILES string of the molecule is COc1ccc(CN(C)[C@@H](CC(C)C)C(=O)N[C@@H](Cc2ccc(OCc3ccccc3)cc2)C(=O)NC(C)(C)C)cc1. The summed E-state index contributed by atoms with van der Waals surface area (Å²) in [6.45, 7) is 11.1. The predicted octanol–water partition coefficient (Wildman–Crippen LogP) is 5.76. The van der Waals surface area contributed by atoms with Gasteiger partial charge in [-0.25, -0.2) is 0 Å². The first kappa shape index (κ1) is 32.7. The number of methoxy groups -OCH3 is 1. The minimum absolute atomic E-state index is 0.156. The summed E-state index contributed by atoms with van der Waals surface area (Å²) in [5.74, 6) is 1.48. The van der Waals surface area contributed by atoms with Crippen molar-refractivity contribution in [3.05, 3.63) is 95.6 Å². The first-order valence-electron chi connectivity index (χ1n) is 14.6. The lowest BCUT2D eigenvalue weighted by Crippen LogP contribution is -2.56. The Labute approximate surface area is 251 Å². The van der Waals surface area contributed by atoms with E-state index in [9.17, 15) is 9.59 Å². The van der Waals surface area contributed by atoms with Crippen LogP contribution in [0.3, 0.4) is 0 Å². The van der Waals surface area contributed by atoms with Gasteiger partial charge in [-0.05, 0) is 81.1 Å². The van der Waals surface area contributed by atoms with Crippen LogP contribution in [0.1, 0.15) is 57.7 Å². The fraction of sp³-hybridized carbons (Fsp3) is 0.429. The van der Waals surface area contributed by atoms with Crippen molar-refractivity contribution >= 4 is 11.8 Å². The molecule has 0 saturated heterocycles. The molecule has 2 N–H and O–H groups in total. The summed E-state index contributed by atoms with van der Waals surface area (Å²) in [5.41, 5.74) is 2.67. The summed E-state index contributed by atoms with van der Waals surface area (Å²) >= 11 is 0. The quantitative estimate of drug-likeness (QED) is 0.256. The van der Waals surface area contributed by atoms with E-state index >= 15 is 0 Å². The zero-order chi connectivity index (χ0) is 30.7. The van der Waals surface area contributed by atoms with E-state index in [2.05, 4.69) is 29.4 Å². The summed E-state index contributed by atoms with van der Waals surface area (Å²) in [6.07, 6.45) is 1.03. The van der Waals surface area contributed by atoms with Gasteiger partial charge in [0.1, 0.15) is 24.1 Å². The first-order chi connectivity index (χ1) is 19.9. The number of rotatable bonds is 14. The Morgan fingerprint density at radius 2 is 1.40 bits per heavy atom. The highest BCUT2D eigenvalue weighted by molar-refractivity contribution is 5.90. The third kappa shape index (κ3) is 10.9. The van der Waals surface area contributed by atoms with Crippen LogP contribution in [0.25, 0.3) is 0 Å². The average molecular weight is 574 g/mol. The van der Waals surface area contributed by atoms with Crippen molar-refractivity contribution in [1.29, 1.82) is 0 Å². The molecule has 3 aromatic carbocycles. The molecular weight excluding hydrogens is 526 g/mol. The molecule has 42 heavy (non-hydrogen) atoms. The lowest BCUT2D eigenvalue weighted by atomic mass is 9.99. The van der Waals surface area contributed by atoms with Gasteiger partial charge in [-0.15, -0.1) is 0 Å². The molecule has 0 aromatic heterocycles. The molecular formula is C35H47N3O4. The number of ether oxygens (including phenoxy) is 2. The molecule has 226 valence electrons. The van der Waals surface area contributed by atoms with E-state index in [1.165, 1.54) is 0 Å². The van der Waals surface area contributed by atoms with Gasteiger partial charge in [-0.2, -0.15) is 0 Å². The molecule has 0 radical (unpaired) electrons. The standard InChI is InChI=1S/C35H47N3O4/c1-25(2)21-32(38(6)23-27-15-17-29(41-7)18-16-27)34(40)36-31(33(39)37-35(3,4)5)22-26-13-19-30(20-14-26)42-24-28-11-9-8-10-12-28/h8-20,25,31-32H,21-24H2,1-7H3,(H,36,40)(H,37,39)/t31-,32-/m0/s1. The van der Waals surface area contributed by atoms with E-state index in [1.807, 2.05) is 107 Å². The third-order valence-corrected chi connectivity index (χ3v) is 6.86. The fourth-order valence-corrected chi connectivity index (χ4v) is 4.70. The third-order valence-electron chi connectivity index (χ3n) is 6.86. The number of carbonyl (C=O) groups excluding carboxylic acids is 2. The molecule has 0 spiro atoms. The summed E-state index contributed by atoms with van der Waals surface area (Å²) < 4.78 is 11.2. The number of nitrogens with one attached hydrogen (secondary N) is 2. The van der Waals surface area contributed by atoms with Gasteiger partial charge in [0.2, 0.25) is 11.8 Å². The van der Waals surface area contributed by atoms with Gasteiger partial charge in [-0.3, -0.25) is 14.5 Å². The summed E-state index contributed by atoms with van der Waals surface area (Å²) in [5, 5.41) is 6.15. The molecule has 2 atom stereocenters. The molecule has 0 aliphatic carbocycles. The van der Waals surface area contributed by atoms with Crippen LogP contribution in [0.5, 0.6) is 11.5 Å². The van der Waals surface area contributed by atoms with Crippen molar-refractivity contribution < 1.29 is 19.1 Å². The maximum absolute atomic E-state index is 13.8. The van der Waals surface area contributed by atoms with Crippen LogP contribution in [-0.4, -0.2) is 48.5 Å². The van der Waals surface area contributed by atoms with Gasteiger partial charge in [-0.1, -0.05) is 68.4 Å². The summed E-state index contributed by atoms with van der Waals surface area (Å²) in [7, 11) is 3.60. The Morgan fingerprint density at radius 1 is 0.810 bits per heavy atom. The normalized spacial score (nSPS) is 13.0. The monoisotopic (exact) mass is 573 g/mol. The van der Waals surface area contributed by atoms with Gasteiger partial charge in [0.05, 0.1) is 13.2 Å². The van der Waals surface area contributed by atoms with Crippen LogP contribution >= 0.6 is 0 Å². The molecule has 0 heterocycles. The van der Waals surface area contributed by atoms with Crippen molar-refractivity contribution in [3.63, 3.8) is 0 Å². The Morgan fingerprint density at radius 3 is 1.98 bits per heavy atom. The number of likely N-dealkylation sites (N-methyl/N-ethyl adjacent to an activating group) is 1. The van der Waals surface area contributed by atoms with Crippen molar-refractivity contribution in [2.45, 2.75) is 78.2 Å².